The zero-order valence-electron chi connectivity index (χ0n) is 34.9. The highest BCUT2D eigenvalue weighted by Gasteiger charge is 2.64. The Kier molecular flexibility index (Phi) is 12.4. The molecule has 0 radical (unpaired) electrons. The van der Waals surface area contributed by atoms with Crippen molar-refractivity contribution in [3.8, 4) is 29.0 Å². The SMILES string of the molecule is Cn1c(-c2ccc(OCCCCCN3CCN(c4ccc(C(=O)NC5C(C)(C)C(Oc6ccc(C#N)c(Cl)c6)C5(C)C)cc4)CC3)cc2)nn([C@@H]2CCC(=O)NC2=O)c1=O. The molecule has 1 atom stereocenters. The monoisotopic (exact) mass is 836 g/mol. The zero-order chi connectivity index (χ0) is 42.8. The molecule has 4 aromatic rings. The summed E-state index contributed by atoms with van der Waals surface area (Å²) in [7, 11) is 1.61. The van der Waals surface area contributed by atoms with Gasteiger partial charge in [-0.1, -0.05) is 39.3 Å². The van der Waals surface area contributed by atoms with Gasteiger partial charge in [0.1, 0.15) is 29.7 Å². The van der Waals surface area contributed by atoms with E-state index < -0.39 is 17.6 Å². The average molecular weight is 837 g/mol. The standard InChI is InChI=1S/C45H53ClN8O6/c1-44(2)41(45(3,4)42(44)60-34-18-13-31(28-47)35(46)27-34)49-39(56)30-9-14-32(15-10-30)53-24-22-52(23-25-53)21-7-6-8-26-59-33-16-11-29(12-17-33)38-50-54(43(58)51(38)5)36-19-20-37(55)48-40(36)57/h9-18,27,36,41-42H,6-8,19-26H2,1-5H3,(H,49,56)(H,48,55,57)/t36-,41?,42?/m1/s1. The minimum absolute atomic E-state index is 0.108. The number of anilines is 1. The molecule has 0 unspecified atom stereocenters. The predicted octanol–water partition coefficient (Wildman–Crippen LogP) is 5.73. The normalized spacial score (nSPS) is 21.1. The van der Waals surface area contributed by atoms with Crippen molar-refractivity contribution in [3.05, 3.63) is 93.4 Å². The fraction of sp³-hybridized carbons (Fsp3) is 0.467. The Balaban J connectivity index is 0.800. The van der Waals surface area contributed by atoms with E-state index in [4.69, 9.17) is 21.1 Å². The third-order valence-electron chi connectivity index (χ3n) is 12.3. The summed E-state index contributed by atoms with van der Waals surface area (Å²) in [6.45, 7) is 13.8. The Labute approximate surface area is 355 Å². The first kappa shape index (κ1) is 42.5. The molecule has 1 aliphatic carbocycles. The van der Waals surface area contributed by atoms with Crippen LogP contribution in [0.2, 0.25) is 5.02 Å². The number of nitriles is 1. The summed E-state index contributed by atoms with van der Waals surface area (Å²) in [6.07, 6.45) is 3.30. The molecule has 3 aliphatic rings. The number of piperazine rings is 1. The first-order chi connectivity index (χ1) is 28.7. The van der Waals surface area contributed by atoms with Crippen LogP contribution < -0.4 is 30.7 Å². The van der Waals surface area contributed by atoms with Crippen molar-refractivity contribution >= 4 is 35.0 Å². The molecular weight excluding hydrogens is 784 g/mol. The first-order valence-corrected chi connectivity index (χ1v) is 21.0. The maximum atomic E-state index is 13.5. The number of nitrogens with one attached hydrogen (secondary N) is 2. The van der Waals surface area contributed by atoms with Gasteiger partial charge in [0.15, 0.2) is 5.82 Å². The van der Waals surface area contributed by atoms with Crippen molar-refractivity contribution in [1.29, 1.82) is 5.26 Å². The Morgan fingerprint density at radius 3 is 2.27 bits per heavy atom. The van der Waals surface area contributed by atoms with Gasteiger partial charge >= 0.3 is 5.69 Å². The van der Waals surface area contributed by atoms with E-state index >= 15 is 0 Å². The number of hydrogen-bond acceptors (Lipinski definition) is 10. The van der Waals surface area contributed by atoms with Crippen LogP contribution in [0.1, 0.15) is 81.8 Å². The molecule has 0 bridgehead atoms. The number of rotatable bonds is 14. The predicted molar refractivity (Wildman–Crippen MR) is 228 cm³/mol. The zero-order valence-corrected chi connectivity index (χ0v) is 35.6. The van der Waals surface area contributed by atoms with Crippen molar-refractivity contribution in [2.45, 2.75) is 78.0 Å². The lowest BCUT2D eigenvalue weighted by molar-refractivity contribution is -0.164. The molecule has 1 saturated carbocycles. The highest BCUT2D eigenvalue weighted by Crippen LogP contribution is 2.55. The number of piperidine rings is 1. The molecular formula is C45H53ClN8O6. The second kappa shape index (κ2) is 17.5. The molecule has 0 spiro atoms. The Morgan fingerprint density at radius 1 is 0.933 bits per heavy atom. The molecule has 14 nitrogen and oxygen atoms in total. The average Bonchev–Trinajstić information content (AvgIpc) is 3.53. The van der Waals surface area contributed by atoms with Crippen LogP contribution in [-0.2, 0) is 16.6 Å². The fourth-order valence-corrected chi connectivity index (χ4v) is 9.41. The van der Waals surface area contributed by atoms with Gasteiger partial charge in [-0.05, 0) is 92.9 Å². The molecule has 60 heavy (non-hydrogen) atoms. The number of halogens is 1. The third-order valence-corrected chi connectivity index (χ3v) is 12.6. The number of ether oxygens (including phenoxy) is 2. The molecule has 3 heterocycles. The van der Waals surface area contributed by atoms with E-state index in [1.54, 1.807) is 25.2 Å². The fourth-order valence-electron chi connectivity index (χ4n) is 9.19. The summed E-state index contributed by atoms with van der Waals surface area (Å²) in [5, 5.41) is 19.6. The number of amides is 3. The molecule has 3 fully saturated rings. The maximum absolute atomic E-state index is 13.5. The van der Waals surface area contributed by atoms with Gasteiger partial charge in [0.05, 0.1) is 17.2 Å². The minimum atomic E-state index is -0.810. The van der Waals surface area contributed by atoms with E-state index in [2.05, 4.69) is 59.3 Å². The number of nitrogens with zero attached hydrogens (tertiary/aromatic N) is 6. The molecule has 2 saturated heterocycles. The number of carbonyl (C=O) groups is 3. The van der Waals surface area contributed by atoms with Gasteiger partial charge in [0, 0.05) is 79.4 Å². The summed E-state index contributed by atoms with van der Waals surface area (Å²) >= 11 is 6.25. The number of benzene rings is 3. The van der Waals surface area contributed by atoms with Gasteiger partial charge in [-0.15, -0.1) is 5.10 Å². The van der Waals surface area contributed by atoms with E-state index in [1.807, 2.05) is 48.5 Å². The number of aromatic nitrogens is 3. The molecule has 3 aromatic carbocycles. The van der Waals surface area contributed by atoms with Crippen LogP contribution in [-0.4, -0.2) is 88.4 Å². The molecule has 15 heteroatoms. The second-order valence-electron chi connectivity index (χ2n) is 17.2. The second-order valence-corrected chi connectivity index (χ2v) is 17.6. The molecule has 2 aliphatic heterocycles. The Morgan fingerprint density at radius 2 is 1.62 bits per heavy atom. The van der Waals surface area contributed by atoms with Crippen LogP contribution in [0.5, 0.6) is 11.5 Å². The van der Waals surface area contributed by atoms with Crippen molar-refractivity contribution in [2.75, 3.05) is 44.2 Å². The molecule has 1 aromatic heterocycles. The largest absolute Gasteiger partial charge is 0.494 e. The van der Waals surface area contributed by atoms with E-state index in [-0.39, 0.29) is 47.6 Å². The van der Waals surface area contributed by atoms with E-state index in [1.165, 1.54) is 4.57 Å². The summed E-state index contributed by atoms with van der Waals surface area (Å²) in [6, 6.07) is 21.5. The van der Waals surface area contributed by atoms with Crippen LogP contribution in [0.25, 0.3) is 11.4 Å². The van der Waals surface area contributed by atoms with Crippen LogP contribution >= 0.6 is 11.6 Å². The van der Waals surface area contributed by atoms with E-state index in [0.717, 1.165) is 73.7 Å². The highest BCUT2D eigenvalue weighted by atomic mass is 35.5. The Bertz CT molecular complexity index is 2310. The summed E-state index contributed by atoms with van der Waals surface area (Å²) < 4.78 is 14.9. The van der Waals surface area contributed by atoms with Crippen molar-refractivity contribution in [1.82, 2.24) is 29.9 Å². The molecule has 316 valence electrons. The smallest absolute Gasteiger partial charge is 0.346 e. The van der Waals surface area contributed by atoms with Crippen LogP contribution in [0, 0.1) is 22.2 Å². The summed E-state index contributed by atoms with van der Waals surface area (Å²) in [5.41, 5.74) is 1.76. The van der Waals surface area contributed by atoms with Crippen molar-refractivity contribution in [3.63, 3.8) is 0 Å². The number of imide groups is 1. The lowest BCUT2D eigenvalue weighted by atomic mass is 9.49. The summed E-state index contributed by atoms with van der Waals surface area (Å²) in [5.74, 6) is 0.808. The van der Waals surface area contributed by atoms with Gasteiger partial charge in [-0.3, -0.25) is 29.2 Å². The number of hydrogen-bond donors (Lipinski definition) is 2. The topological polar surface area (TPSA) is 164 Å². The minimum Gasteiger partial charge on any atom is -0.494 e. The van der Waals surface area contributed by atoms with Gasteiger partial charge in [-0.25, -0.2) is 9.48 Å². The van der Waals surface area contributed by atoms with Gasteiger partial charge in [0.25, 0.3) is 11.8 Å². The van der Waals surface area contributed by atoms with E-state index in [0.29, 0.717) is 34.3 Å². The highest BCUT2D eigenvalue weighted by molar-refractivity contribution is 6.31. The number of unbranched alkanes of at least 4 members (excludes halogenated alkanes) is 2. The van der Waals surface area contributed by atoms with Crippen molar-refractivity contribution < 1.29 is 23.9 Å². The molecule has 2 N–H and O–H groups in total. The van der Waals surface area contributed by atoms with E-state index in [9.17, 15) is 24.4 Å². The van der Waals surface area contributed by atoms with Gasteiger partial charge < -0.3 is 19.7 Å². The third kappa shape index (κ3) is 8.79. The number of carbonyl (C=O) groups excluding carboxylic acids is 3. The van der Waals surface area contributed by atoms with Gasteiger partial charge in [0.2, 0.25) is 5.91 Å². The molecule has 3 amide bonds. The maximum Gasteiger partial charge on any atom is 0.346 e. The first-order valence-electron chi connectivity index (χ1n) is 20.6. The van der Waals surface area contributed by atoms with Crippen molar-refractivity contribution in [2.24, 2.45) is 17.9 Å². The Hall–Kier alpha value is -5.65. The quantitative estimate of drug-likeness (QED) is 0.118. The van der Waals surface area contributed by atoms with Gasteiger partial charge in [-0.2, -0.15) is 5.26 Å². The van der Waals surface area contributed by atoms with Crippen LogP contribution in [0.15, 0.2) is 71.5 Å². The lowest BCUT2D eigenvalue weighted by Gasteiger charge is -2.63. The van der Waals surface area contributed by atoms with Crippen LogP contribution in [0.3, 0.4) is 0 Å². The summed E-state index contributed by atoms with van der Waals surface area (Å²) in [4.78, 5) is 55.0. The lowest BCUT2D eigenvalue weighted by Crippen LogP contribution is -2.74. The molecule has 7 rings (SSSR count). The van der Waals surface area contributed by atoms with Crippen LogP contribution in [0.4, 0.5) is 5.69 Å².